The van der Waals surface area contributed by atoms with Crippen LogP contribution in [0.1, 0.15) is 11.1 Å². The van der Waals surface area contributed by atoms with Crippen LogP contribution in [-0.2, 0) is 6.54 Å². The Kier molecular flexibility index (Phi) is 3.60. The summed E-state index contributed by atoms with van der Waals surface area (Å²) in [5, 5.41) is 3.36. The predicted octanol–water partition coefficient (Wildman–Crippen LogP) is 3.01. The van der Waals surface area contributed by atoms with E-state index in [4.69, 9.17) is 4.74 Å². The summed E-state index contributed by atoms with van der Waals surface area (Å²) in [7, 11) is 1.69. The third-order valence-electron chi connectivity index (χ3n) is 2.61. The summed E-state index contributed by atoms with van der Waals surface area (Å²) >= 11 is 0. The van der Waals surface area contributed by atoms with Crippen molar-refractivity contribution in [1.29, 1.82) is 0 Å². The first-order chi connectivity index (χ1) is 8.29. The maximum Gasteiger partial charge on any atom is 0.121 e. The molecule has 0 saturated heterocycles. The summed E-state index contributed by atoms with van der Waals surface area (Å²) in [6, 6.07) is 10.1. The van der Waals surface area contributed by atoms with Crippen molar-refractivity contribution < 1.29 is 4.74 Å². The quantitative estimate of drug-likeness (QED) is 0.873. The van der Waals surface area contributed by atoms with E-state index >= 15 is 0 Å². The van der Waals surface area contributed by atoms with Crippen molar-refractivity contribution in [1.82, 2.24) is 4.98 Å². The van der Waals surface area contributed by atoms with Crippen LogP contribution in [0, 0.1) is 6.92 Å². The molecule has 88 valence electrons. The summed E-state index contributed by atoms with van der Waals surface area (Å²) in [6.45, 7) is 2.81. The van der Waals surface area contributed by atoms with Gasteiger partial charge in [-0.2, -0.15) is 0 Å². The molecule has 2 aromatic rings. The van der Waals surface area contributed by atoms with Gasteiger partial charge in [-0.05, 0) is 42.3 Å². The number of aromatic nitrogens is 1. The molecule has 0 aliphatic heterocycles. The van der Waals surface area contributed by atoms with E-state index in [-0.39, 0.29) is 0 Å². The largest absolute Gasteiger partial charge is 0.496 e. The zero-order valence-electron chi connectivity index (χ0n) is 10.1. The Bertz CT molecular complexity index is 483. The maximum atomic E-state index is 5.22. The van der Waals surface area contributed by atoms with E-state index in [1.165, 1.54) is 5.56 Å². The van der Waals surface area contributed by atoms with Crippen molar-refractivity contribution in [3.05, 3.63) is 53.9 Å². The maximum absolute atomic E-state index is 5.22. The number of rotatable bonds is 4. The van der Waals surface area contributed by atoms with Gasteiger partial charge in [0, 0.05) is 24.6 Å². The average Bonchev–Trinajstić information content (AvgIpc) is 2.38. The number of hydrogen-bond acceptors (Lipinski definition) is 3. The fourth-order valence-electron chi connectivity index (χ4n) is 1.70. The number of nitrogens with zero attached hydrogens (tertiary/aromatic N) is 1. The molecule has 0 unspecified atom stereocenters. The molecule has 0 aliphatic carbocycles. The Morgan fingerprint density at radius 1 is 1.29 bits per heavy atom. The van der Waals surface area contributed by atoms with Crippen LogP contribution in [0.3, 0.4) is 0 Å². The lowest BCUT2D eigenvalue weighted by atomic mass is 10.2. The minimum atomic E-state index is 0.777. The van der Waals surface area contributed by atoms with Crippen molar-refractivity contribution in [3.8, 4) is 5.75 Å². The normalized spacial score (nSPS) is 10.0. The van der Waals surface area contributed by atoms with Gasteiger partial charge in [0.25, 0.3) is 0 Å². The molecular formula is C14H16N2O. The fraction of sp³-hybridized carbons (Fsp3) is 0.214. The molecule has 0 saturated carbocycles. The van der Waals surface area contributed by atoms with Crippen molar-refractivity contribution in [2.45, 2.75) is 13.5 Å². The molecule has 0 amide bonds. The van der Waals surface area contributed by atoms with Crippen molar-refractivity contribution >= 4 is 5.69 Å². The summed E-state index contributed by atoms with van der Waals surface area (Å²) < 4.78 is 5.22. The minimum absolute atomic E-state index is 0.777. The molecule has 0 spiro atoms. The van der Waals surface area contributed by atoms with Crippen LogP contribution in [0.2, 0.25) is 0 Å². The van der Waals surface area contributed by atoms with E-state index in [1.54, 1.807) is 13.3 Å². The molecule has 3 nitrogen and oxygen atoms in total. The number of pyridine rings is 1. The molecule has 17 heavy (non-hydrogen) atoms. The summed E-state index contributed by atoms with van der Waals surface area (Å²) in [6.07, 6.45) is 3.64. The van der Waals surface area contributed by atoms with Crippen LogP contribution < -0.4 is 10.1 Å². The van der Waals surface area contributed by atoms with Gasteiger partial charge in [-0.25, -0.2) is 0 Å². The van der Waals surface area contributed by atoms with E-state index in [0.29, 0.717) is 0 Å². The number of benzene rings is 1. The topological polar surface area (TPSA) is 34.1 Å². The van der Waals surface area contributed by atoms with Gasteiger partial charge in [-0.3, -0.25) is 4.98 Å². The summed E-state index contributed by atoms with van der Waals surface area (Å²) in [5.74, 6) is 0.914. The van der Waals surface area contributed by atoms with Gasteiger partial charge in [0.15, 0.2) is 0 Å². The minimum Gasteiger partial charge on any atom is -0.496 e. The highest BCUT2D eigenvalue weighted by atomic mass is 16.5. The second-order valence-electron chi connectivity index (χ2n) is 3.90. The zero-order valence-corrected chi connectivity index (χ0v) is 10.1. The smallest absolute Gasteiger partial charge is 0.121 e. The lowest BCUT2D eigenvalue weighted by Gasteiger charge is -2.09. The number of anilines is 1. The van der Waals surface area contributed by atoms with Gasteiger partial charge in [-0.1, -0.05) is 6.07 Å². The van der Waals surface area contributed by atoms with Crippen LogP contribution in [0.4, 0.5) is 5.69 Å². The van der Waals surface area contributed by atoms with Crippen LogP contribution in [0.15, 0.2) is 42.7 Å². The van der Waals surface area contributed by atoms with Gasteiger partial charge < -0.3 is 10.1 Å². The second-order valence-corrected chi connectivity index (χ2v) is 3.90. The molecule has 1 aromatic carbocycles. The standard InChI is InChI=1S/C14H16N2O/c1-11-8-13(5-6-14(11)17-2)16-10-12-4-3-7-15-9-12/h3-9,16H,10H2,1-2H3. The number of nitrogens with one attached hydrogen (secondary N) is 1. The molecule has 2 rings (SSSR count). The van der Waals surface area contributed by atoms with Gasteiger partial charge in [0.2, 0.25) is 0 Å². The van der Waals surface area contributed by atoms with E-state index in [0.717, 1.165) is 23.5 Å². The molecule has 0 bridgehead atoms. The first-order valence-corrected chi connectivity index (χ1v) is 5.57. The number of methoxy groups -OCH3 is 1. The molecule has 3 heteroatoms. The molecule has 1 N–H and O–H groups in total. The van der Waals surface area contributed by atoms with Crippen LogP contribution >= 0.6 is 0 Å². The van der Waals surface area contributed by atoms with Gasteiger partial charge >= 0.3 is 0 Å². The average molecular weight is 228 g/mol. The summed E-state index contributed by atoms with van der Waals surface area (Å²) in [5.41, 5.74) is 3.39. The summed E-state index contributed by atoms with van der Waals surface area (Å²) in [4.78, 5) is 4.08. The van der Waals surface area contributed by atoms with Crippen LogP contribution in [-0.4, -0.2) is 12.1 Å². The van der Waals surface area contributed by atoms with Crippen molar-refractivity contribution in [2.24, 2.45) is 0 Å². The Morgan fingerprint density at radius 2 is 2.18 bits per heavy atom. The van der Waals surface area contributed by atoms with Gasteiger partial charge in [-0.15, -0.1) is 0 Å². The Hall–Kier alpha value is -2.03. The third-order valence-corrected chi connectivity index (χ3v) is 2.61. The van der Waals surface area contributed by atoms with E-state index in [9.17, 15) is 0 Å². The zero-order chi connectivity index (χ0) is 12.1. The highest BCUT2D eigenvalue weighted by Crippen LogP contribution is 2.21. The highest BCUT2D eigenvalue weighted by molar-refractivity contribution is 5.50. The SMILES string of the molecule is COc1ccc(NCc2cccnc2)cc1C. The molecular weight excluding hydrogens is 212 g/mol. The first-order valence-electron chi connectivity index (χ1n) is 5.57. The Morgan fingerprint density at radius 3 is 2.82 bits per heavy atom. The van der Waals surface area contributed by atoms with Crippen molar-refractivity contribution in [3.63, 3.8) is 0 Å². The molecule has 1 aromatic heterocycles. The molecule has 0 aliphatic rings. The van der Waals surface area contributed by atoms with E-state index in [2.05, 4.69) is 22.4 Å². The Labute approximate surface area is 101 Å². The van der Waals surface area contributed by atoms with E-state index < -0.39 is 0 Å². The lowest BCUT2D eigenvalue weighted by Crippen LogP contribution is -2.00. The first kappa shape index (κ1) is 11.5. The number of hydrogen-bond donors (Lipinski definition) is 1. The molecule has 0 radical (unpaired) electrons. The molecule has 0 fully saturated rings. The monoisotopic (exact) mass is 228 g/mol. The van der Waals surface area contributed by atoms with Crippen molar-refractivity contribution in [2.75, 3.05) is 12.4 Å². The van der Waals surface area contributed by atoms with E-state index in [1.807, 2.05) is 31.3 Å². The number of ether oxygens (including phenoxy) is 1. The van der Waals surface area contributed by atoms with Gasteiger partial charge in [0.05, 0.1) is 7.11 Å². The lowest BCUT2D eigenvalue weighted by molar-refractivity contribution is 0.412. The second kappa shape index (κ2) is 5.34. The fourth-order valence-corrected chi connectivity index (χ4v) is 1.70. The Balaban J connectivity index is 2.02. The molecule has 0 atom stereocenters. The predicted molar refractivity (Wildman–Crippen MR) is 69.3 cm³/mol. The third kappa shape index (κ3) is 2.97. The number of aryl methyl sites for hydroxylation is 1. The van der Waals surface area contributed by atoms with Gasteiger partial charge in [0.1, 0.15) is 5.75 Å². The molecule has 1 heterocycles. The highest BCUT2D eigenvalue weighted by Gasteiger charge is 1.99. The van der Waals surface area contributed by atoms with Crippen LogP contribution in [0.5, 0.6) is 5.75 Å². The van der Waals surface area contributed by atoms with Crippen LogP contribution in [0.25, 0.3) is 0 Å².